The number of nitrogens with one attached hydrogen (secondary N) is 2. The van der Waals surface area contributed by atoms with Gasteiger partial charge >= 0.3 is 5.97 Å². The van der Waals surface area contributed by atoms with E-state index >= 15 is 0 Å². The molecule has 2 amide bonds. The van der Waals surface area contributed by atoms with E-state index in [2.05, 4.69) is 10.6 Å². The molecule has 8 nitrogen and oxygen atoms in total. The average Bonchev–Trinajstić information content (AvgIpc) is 2.91. The van der Waals surface area contributed by atoms with Gasteiger partial charge in [-0.1, -0.05) is 18.2 Å². The Morgan fingerprint density at radius 2 is 1.80 bits per heavy atom. The van der Waals surface area contributed by atoms with Crippen LogP contribution in [-0.2, 0) is 14.4 Å². The largest absolute Gasteiger partial charge is 0.507 e. The number of carboxylic acids is 1. The second-order valence-corrected chi connectivity index (χ2v) is 5.36. The number of hydrogen-bond acceptors (Lipinski definition) is 5. The highest BCUT2D eigenvalue weighted by Crippen LogP contribution is 2.33. The molecule has 8 heteroatoms. The van der Waals surface area contributed by atoms with Gasteiger partial charge in [0, 0.05) is 11.4 Å². The summed E-state index contributed by atoms with van der Waals surface area (Å²) in [5.41, 5.74) is 0.468. The van der Waals surface area contributed by atoms with E-state index in [0.717, 1.165) is 12.1 Å². The maximum Gasteiger partial charge on any atom is 0.339 e. The normalized spacial score (nSPS) is 15.2. The Labute approximate surface area is 141 Å². The second-order valence-electron chi connectivity index (χ2n) is 5.36. The Hall–Kier alpha value is -3.68. The number of aromatic carboxylic acids is 1. The average molecular weight is 340 g/mol. The molecule has 1 unspecified atom stereocenters. The van der Waals surface area contributed by atoms with Gasteiger partial charge in [-0.3, -0.25) is 14.4 Å². The number of carbonyl (C=O) groups is 4. The number of ketones is 1. The molecule has 0 saturated heterocycles. The Balaban J connectivity index is 1.83. The van der Waals surface area contributed by atoms with Gasteiger partial charge in [0.15, 0.2) is 0 Å². The number of phenols is 1. The van der Waals surface area contributed by atoms with Crippen molar-refractivity contribution in [2.24, 2.45) is 0 Å². The van der Waals surface area contributed by atoms with Crippen LogP contribution in [0.1, 0.15) is 21.8 Å². The molecule has 0 fully saturated rings. The smallest absolute Gasteiger partial charge is 0.339 e. The number of amides is 2. The van der Waals surface area contributed by atoms with Crippen molar-refractivity contribution < 1.29 is 29.4 Å². The molecular formula is C17H12N2O6. The molecule has 0 radical (unpaired) electrons. The molecule has 0 aromatic heterocycles. The monoisotopic (exact) mass is 340 g/mol. The fourth-order valence-electron chi connectivity index (χ4n) is 2.58. The molecule has 4 N–H and O–H groups in total. The quantitative estimate of drug-likeness (QED) is 0.377. The van der Waals surface area contributed by atoms with Gasteiger partial charge in [-0.15, -0.1) is 0 Å². The van der Waals surface area contributed by atoms with Gasteiger partial charge in [-0.25, -0.2) is 4.79 Å². The second kappa shape index (κ2) is 6.08. The van der Waals surface area contributed by atoms with Gasteiger partial charge in [0.25, 0.3) is 5.91 Å². The van der Waals surface area contributed by atoms with Crippen molar-refractivity contribution >= 4 is 34.9 Å². The maximum absolute atomic E-state index is 12.4. The molecule has 0 bridgehead atoms. The van der Waals surface area contributed by atoms with E-state index < -0.39 is 40.8 Å². The predicted octanol–water partition coefficient (Wildman–Crippen LogP) is 1.33. The van der Waals surface area contributed by atoms with Crippen LogP contribution in [0.4, 0.5) is 11.4 Å². The summed E-state index contributed by atoms with van der Waals surface area (Å²) in [6.45, 7) is 0. The highest BCUT2D eigenvalue weighted by atomic mass is 16.4. The first-order valence-electron chi connectivity index (χ1n) is 7.20. The van der Waals surface area contributed by atoms with Gasteiger partial charge in [0.2, 0.25) is 11.7 Å². The SMILES string of the molecule is O=C(Nc1ccc(O)c(C(=O)O)c1)C(=O)C1C(=O)Nc2ccccc21. The minimum absolute atomic E-state index is 0.0141. The van der Waals surface area contributed by atoms with E-state index in [4.69, 9.17) is 5.11 Å². The van der Waals surface area contributed by atoms with Gasteiger partial charge in [-0.05, 0) is 29.8 Å². The van der Waals surface area contributed by atoms with E-state index in [1.165, 1.54) is 6.07 Å². The number of hydrogen-bond donors (Lipinski definition) is 4. The third kappa shape index (κ3) is 2.92. The van der Waals surface area contributed by atoms with Crippen LogP contribution in [0.5, 0.6) is 5.75 Å². The van der Waals surface area contributed by atoms with Gasteiger partial charge in [-0.2, -0.15) is 0 Å². The Morgan fingerprint density at radius 3 is 2.52 bits per heavy atom. The lowest BCUT2D eigenvalue weighted by atomic mass is 9.95. The lowest BCUT2D eigenvalue weighted by Crippen LogP contribution is -2.32. The van der Waals surface area contributed by atoms with Crippen molar-refractivity contribution in [3.05, 3.63) is 53.6 Å². The molecule has 1 atom stereocenters. The zero-order valence-electron chi connectivity index (χ0n) is 12.6. The summed E-state index contributed by atoms with van der Waals surface area (Å²) in [7, 11) is 0. The minimum atomic E-state index is -1.39. The number of para-hydroxylation sites is 1. The van der Waals surface area contributed by atoms with Crippen molar-refractivity contribution in [2.45, 2.75) is 5.92 Å². The van der Waals surface area contributed by atoms with E-state index in [9.17, 15) is 24.3 Å². The Kier molecular flexibility index (Phi) is 3.94. The first kappa shape index (κ1) is 16.2. The van der Waals surface area contributed by atoms with Gasteiger partial charge in [0.1, 0.15) is 17.2 Å². The topological polar surface area (TPSA) is 133 Å². The fraction of sp³-hybridized carbons (Fsp3) is 0.0588. The van der Waals surface area contributed by atoms with Crippen LogP contribution in [0.3, 0.4) is 0 Å². The van der Waals surface area contributed by atoms with E-state index in [0.29, 0.717) is 11.3 Å². The number of fused-ring (bicyclic) bond motifs is 1. The molecule has 126 valence electrons. The van der Waals surface area contributed by atoms with Crippen molar-refractivity contribution in [3.63, 3.8) is 0 Å². The highest BCUT2D eigenvalue weighted by molar-refractivity contribution is 6.47. The van der Waals surface area contributed by atoms with Crippen molar-refractivity contribution in [2.75, 3.05) is 10.6 Å². The lowest BCUT2D eigenvalue weighted by molar-refractivity contribution is -0.138. The summed E-state index contributed by atoms with van der Waals surface area (Å²) in [5, 5.41) is 23.2. The van der Waals surface area contributed by atoms with E-state index in [1.54, 1.807) is 24.3 Å². The Bertz CT molecular complexity index is 921. The molecule has 25 heavy (non-hydrogen) atoms. The van der Waals surface area contributed by atoms with Crippen LogP contribution in [0.2, 0.25) is 0 Å². The number of Topliss-reactive ketones (excluding diaryl/α,β-unsaturated/α-hetero) is 1. The third-order valence-electron chi connectivity index (χ3n) is 3.76. The summed E-state index contributed by atoms with van der Waals surface area (Å²) in [6, 6.07) is 9.89. The number of anilines is 2. The molecule has 0 aliphatic carbocycles. The molecule has 0 spiro atoms. The molecule has 2 aromatic rings. The number of benzene rings is 2. The van der Waals surface area contributed by atoms with Crippen molar-refractivity contribution in [1.82, 2.24) is 0 Å². The fourth-order valence-corrected chi connectivity index (χ4v) is 2.58. The molecule has 1 aliphatic rings. The molecular weight excluding hydrogens is 328 g/mol. The van der Waals surface area contributed by atoms with Gasteiger partial charge < -0.3 is 20.8 Å². The standard InChI is InChI=1S/C17H12N2O6/c20-12-6-5-8(7-10(12)17(24)25)18-16(23)14(21)13-9-3-1-2-4-11(9)19-15(13)22/h1-7,13,20H,(H,18,23)(H,19,22)(H,24,25). The highest BCUT2D eigenvalue weighted by Gasteiger charge is 2.39. The molecule has 1 heterocycles. The van der Waals surface area contributed by atoms with E-state index in [-0.39, 0.29) is 5.69 Å². The van der Waals surface area contributed by atoms with Gasteiger partial charge in [0.05, 0.1) is 0 Å². The summed E-state index contributed by atoms with van der Waals surface area (Å²) >= 11 is 0. The number of aromatic hydroxyl groups is 1. The van der Waals surface area contributed by atoms with Crippen molar-refractivity contribution in [1.29, 1.82) is 0 Å². The first-order chi connectivity index (χ1) is 11.9. The summed E-state index contributed by atoms with van der Waals surface area (Å²) in [4.78, 5) is 47.5. The molecule has 1 aliphatic heterocycles. The van der Waals surface area contributed by atoms with Crippen LogP contribution in [0.25, 0.3) is 0 Å². The number of carboxylic acid groups (broad SMARTS) is 1. The van der Waals surface area contributed by atoms with Crippen molar-refractivity contribution in [3.8, 4) is 5.75 Å². The summed E-state index contributed by atoms with van der Waals surface area (Å²) in [5.74, 6) is -5.73. The predicted molar refractivity (Wildman–Crippen MR) is 86.5 cm³/mol. The summed E-state index contributed by atoms with van der Waals surface area (Å²) in [6.07, 6.45) is 0. The molecule has 0 saturated carbocycles. The van der Waals surface area contributed by atoms with Crippen LogP contribution >= 0.6 is 0 Å². The van der Waals surface area contributed by atoms with E-state index in [1.807, 2.05) is 0 Å². The van der Waals surface area contributed by atoms with Crippen LogP contribution < -0.4 is 10.6 Å². The maximum atomic E-state index is 12.4. The third-order valence-corrected chi connectivity index (χ3v) is 3.76. The molecule has 3 rings (SSSR count). The lowest BCUT2D eigenvalue weighted by Gasteiger charge is -2.09. The summed E-state index contributed by atoms with van der Waals surface area (Å²) < 4.78 is 0. The zero-order valence-corrected chi connectivity index (χ0v) is 12.6. The van der Waals surface area contributed by atoms with Crippen LogP contribution in [0.15, 0.2) is 42.5 Å². The van der Waals surface area contributed by atoms with Crippen LogP contribution in [-0.4, -0.2) is 33.8 Å². The first-order valence-corrected chi connectivity index (χ1v) is 7.20. The number of rotatable bonds is 4. The Morgan fingerprint density at radius 1 is 1.08 bits per heavy atom. The molecule has 2 aromatic carbocycles. The number of carbonyl (C=O) groups excluding carboxylic acids is 3. The minimum Gasteiger partial charge on any atom is -0.507 e. The zero-order chi connectivity index (χ0) is 18.1. The van der Waals surface area contributed by atoms with Crippen LogP contribution in [0, 0.1) is 0 Å².